The Balaban J connectivity index is 1.18. The average molecular weight is 685 g/mol. The standard InChI is InChI=1S/C51H44N2/c1-4-39-18-16-17-33-52(38(3)35-44(41-21-10-6-11-22-41)34-37(2)40-19-8-5-9-20-40)49-31-29-43(36-48(39)49)42-27-30-47-46-25-14-15-26-50(46)53(51(47)32-28-42)45-23-12-7-13-24-45/h4-16,18-31,34-36H,3,17,32-33H2,1-2H3/b18-16-,37-34+,39-4+,44-35+. The van der Waals surface area contributed by atoms with Gasteiger partial charge in [-0.2, -0.15) is 0 Å². The number of rotatable bonds is 7. The van der Waals surface area contributed by atoms with Gasteiger partial charge in [0, 0.05) is 52.2 Å². The van der Waals surface area contributed by atoms with Crippen molar-refractivity contribution in [3.63, 3.8) is 0 Å². The van der Waals surface area contributed by atoms with Crippen molar-refractivity contribution in [3.05, 3.63) is 222 Å². The number of aromatic nitrogens is 1. The van der Waals surface area contributed by atoms with Crippen molar-refractivity contribution in [1.29, 1.82) is 0 Å². The van der Waals surface area contributed by atoms with Gasteiger partial charge in [-0.3, -0.25) is 0 Å². The van der Waals surface area contributed by atoms with E-state index in [1.807, 2.05) is 0 Å². The number of anilines is 1. The maximum Gasteiger partial charge on any atom is 0.0537 e. The molecule has 1 aromatic heterocycles. The van der Waals surface area contributed by atoms with Gasteiger partial charge in [0.2, 0.25) is 0 Å². The lowest BCUT2D eigenvalue weighted by molar-refractivity contribution is 0.906. The minimum absolute atomic E-state index is 0.834. The van der Waals surface area contributed by atoms with E-state index in [-0.39, 0.29) is 0 Å². The number of para-hydroxylation sites is 2. The minimum atomic E-state index is 0.834. The van der Waals surface area contributed by atoms with Gasteiger partial charge in [0.25, 0.3) is 0 Å². The Labute approximate surface area is 314 Å². The summed E-state index contributed by atoms with van der Waals surface area (Å²) in [7, 11) is 0. The fraction of sp³-hybridized carbons (Fsp3) is 0.0980. The smallest absolute Gasteiger partial charge is 0.0537 e. The van der Waals surface area contributed by atoms with Crippen molar-refractivity contribution < 1.29 is 0 Å². The quantitative estimate of drug-likeness (QED) is 0.152. The molecule has 0 radical (unpaired) electrons. The molecule has 2 heteroatoms. The topological polar surface area (TPSA) is 8.17 Å². The van der Waals surface area contributed by atoms with Crippen LogP contribution in [-0.4, -0.2) is 11.1 Å². The number of nitrogens with zero attached hydrogens (tertiary/aromatic N) is 2. The van der Waals surface area contributed by atoms with Gasteiger partial charge in [-0.25, -0.2) is 0 Å². The van der Waals surface area contributed by atoms with Crippen LogP contribution in [0.3, 0.4) is 0 Å². The van der Waals surface area contributed by atoms with Gasteiger partial charge < -0.3 is 9.47 Å². The number of fused-ring (bicyclic) bond motifs is 4. The van der Waals surface area contributed by atoms with E-state index < -0.39 is 0 Å². The summed E-state index contributed by atoms with van der Waals surface area (Å²) in [6.07, 6.45) is 20.1. The Morgan fingerprint density at radius 1 is 0.717 bits per heavy atom. The van der Waals surface area contributed by atoms with Crippen molar-refractivity contribution in [3.8, 4) is 5.69 Å². The van der Waals surface area contributed by atoms with E-state index in [1.165, 1.54) is 72.5 Å². The number of allylic oxidation sites excluding steroid dienone is 10. The first-order chi connectivity index (χ1) is 26.1. The largest absolute Gasteiger partial charge is 0.341 e. The van der Waals surface area contributed by atoms with Crippen molar-refractivity contribution in [2.24, 2.45) is 0 Å². The van der Waals surface area contributed by atoms with Gasteiger partial charge in [0.15, 0.2) is 0 Å². The Morgan fingerprint density at radius 3 is 2.17 bits per heavy atom. The van der Waals surface area contributed by atoms with Crippen LogP contribution in [-0.2, 0) is 6.42 Å². The summed E-state index contributed by atoms with van der Waals surface area (Å²) >= 11 is 0. The highest BCUT2D eigenvalue weighted by Gasteiger charge is 2.21. The van der Waals surface area contributed by atoms with Crippen LogP contribution in [0.4, 0.5) is 5.69 Å². The van der Waals surface area contributed by atoms with E-state index in [0.29, 0.717) is 0 Å². The lowest BCUT2D eigenvalue weighted by Crippen LogP contribution is -2.24. The van der Waals surface area contributed by atoms with Gasteiger partial charge in [0.05, 0.1) is 5.52 Å². The molecule has 1 aliphatic carbocycles. The van der Waals surface area contributed by atoms with Crippen molar-refractivity contribution in [2.75, 3.05) is 11.4 Å². The highest BCUT2D eigenvalue weighted by molar-refractivity contribution is 5.96. The molecule has 0 fully saturated rings. The molecule has 5 aromatic carbocycles. The third-order valence-corrected chi connectivity index (χ3v) is 10.4. The second-order valence-corrected chi connectivity index (χ2v) is 13.7. The highest BCUT2D eigenvalue weighted by Crippen LogP contribution is 2.38. The van der Waals surface area contributed by atoms with Gasteiger partial charge in [-0.05, 0) is 95.7 Å². The molecule has 2 aliphatic rings. The molecule has 0 saturated carbocycles. The molecule has 258 valence electrons. The van der Waals surface area contributed by atoms with Crippen LogP contribution in [0.25, 0.3) is 45.0 Å². The molecule has 0 saturated heterocycles. The van der Waals surface area contributed by atoms with E-state index >= 15 is 0 Å². The summed E-state index contributed by atoms with van der Waals surface area (Å²) in [4.78, 5) is 2.39. The predicted octanol–water partition coefficient (Wildman–Crippen LogP) is 13.2. The molecule has 8 rings (SSSR count). The third-order valence-electron chi connectivity index (χ3n) is 10.4. The lowest BCUT2D eigenvalue weighted by Gasteiger charge is -2.30. The van der Waals surface area contributed by atoms with Crippen LogP contribution in [0.5, 0.6) is 0 Å². The highest BCUT2D eigenvalue weighted by atomic mass is 15.1. The van der Waals surface area contributed by atoms with E-state index in [1.54, 1.807) is 0 Å². The Bertz CT molecular complexity index is 2480. The van der Waals surface area contributed by atoms with E-state index in [4.69, 9.17) is 6.58 Å². The monoisotopic (exact) mass is 684 g/mol. The second kappa shape index (κ2) is 15.1. The first kappa shape index (κ1) is 33.7. The molecule has 2 nitrogen and oxygen atoms in total. The molecule has 0 spiro atoms. The zero-order valence-corrected chi connectivity index (χ0v) is 30.5. The first-order valence-electron chi connectivity index (χ1n) is 18.6. The van der Waals surface area contributed by atoms with Crippen LogP contribution in [0.1, 0.15) is 53.8 Å². The van der Waals surface area contributed by atoms with Crippen molar-refractivity contribution in [1.82, 2.24) is 4.57 Å². The molecule has 53 heavy (non-hydrogen) atoms. The maximum absolute atomic E-state index is 4.70. The molecule has 0 amide bonds. The van der Waals surface area contributed by atoms with Gasteiger partial charge in [0.1, 0.15) is 0 Å². The minimum Gasteiger partial charge on any atom is -0.341 e. The summed E-state index contributed by atoms with van der Waals surface area (Å²) in [5.74, 6) is 0. The van der Waals surface area contributed by atoms with E-state index in [0.717, 1.165) is 30.7 Å². The number of hydrogen-bond donors (Lipinski definition) is 0. The molecule has 0 atom stereocenters. The summed E-state index contributed by atoms with van der Waals surface area (Å²) in [6, 6.07) is 47.7. The van der Waals surface area contributed by atoms with Crippen LogP contribution in [0.15, 0.2) is 188 Å². The lowest BCUT2D eigenvalue weighted by atomic mass is 9.94. The Morgan fingerprint density at radius 2 is 1.42 bits per heavy atom. The third kappa shape index (κ3) is 6.84. The molecule has 2 heterocycles. The summed E-state index contributed by atoms with van der Waals surface area (Å²) < 4.78 is 2.43. The summed E-state index contributed by atoms with van der Waals surface area (Å²) in [5.41, 5.74) is 16.8. The first-order valence-corrected chi connectivity index (χ1v) is 18.6. The van der Waals surface area contributed by atoms with Crippen LogP contribution < -0.4 is 4.90 Å². The Hall–Kier alpha value is -6.38. The van der Waals surface area contributed by atoms with Crippen LogP contribution >= 0.6 is 0 Å². The summed E-state index contributed by atoms with van der Waals surface area (Å²) in [5, 5.41) is 1.28. The molecular weight excluding hydrogens is 641 g/mol. The molecule has 1 aliphatic heterocycles. The van der Waals surface area contributed by atoms with Gasteiger partial charge in [-0.15, -0.1) is 0 Å². The average Bonchev–Trinajstić information content (AvgIpc) is 3.35. The van der Waals surface area contributed by atoms with Crippen LogP contribution in [0, 0.1) is 0 Å². The molecular formula is C51H44N2. The summed E-state index contributed by atoms with van der Waals surface area (Å²) in [6.45, 7) is 9.86. The van der Waals surface area contributed by atoms with E-state index in [2.05, 4.69) is 205 Å². The van der Waals surface area contributed by atoms with Gasteiger partial charge in [-0.1, -0.05) is 152 Å². The molecule has 6 aromatic rings. The van der Waals surface area contributed by atoms with Crippen molar-refractivity contribution in [2.45, 2.75) is 26.7 Å². The number of hydrogen-bond acceptors (Lipinski definition) is 1. The van der Waals surface area contributed by atoms with E-state index in [9.17, 15) is 0 Å². The van der Waals surface area contributed by atoms with Crippen LogP contribution in [0.2, 0.25) is 0 Å². The predicted molar refractivity (Wildman–Crippen MR) is 229 cm³/mol. The normalized spacial score (nSPS) is 16.0. The Kier molecular flexibility index (Phi) is 9.60. The van der Waals surface area contributed by atoms with Gasteiger partial charge >= 0.3 is 0 Å². The number of benzene rings is 5. The molecule has 0 bridgehead atoms. The van der Waals surface area contributed by atoms with Crippen molar-refractivity contribution >= 4 is 45.0 Å². The maximum atomic E-state index is 4.70. The molecule has 0 N–H and O–H groups in total. The zero-order chi connectivity index (χ0) is 36.1. The fourth-order valence-electron chi connectivity index (χ4n) is 7.71. The molecule has 0 unspecified atom stereocenters. The fourth-order valence-corrected chi connectivity index (χ4v) is 7.71. The SMILES string of the molecule is C=C(/C=C(\C=C(/C)c1ccccc1)c1ccccc1)N1CC/C=C\C(=C/C)c2cc(C3=CCc4c(c5ccccc5n4-c4ccccc4)C=C3)ccc21. The second-order valence-electron chi connectivity index (χ2n) is 13.7. The zero-order valence-electron chi connectivity index (χ0n) is 30.5.